The fourth-order valence-electron chi connectivity index (χ4n) is 1.71. The van der Waals surface area contributed by atoms with Gasteiger partial charge in [0.15, 0.2) is 5.84 Å². The summed E-state index contributed by atoms with van der Waals surface area (Å²) in [7, 11) is 0. The van der Waals surface area contributed by atoms with E-state index < -0.39 is 0 Å². The Kier molecular flexibility index (Phi) is 5.78. The summed E-state index contributed by atoms with van der Waals surface area (Å²) >= 11 is 7.64. The number of hydrogen-bond acceptors (Lipinski definition) is 4. The number of thioether (sulfide) groups is 1. The van der Waals surface area contributed by atoms with Crippen LogP contribution in [-0.2, 0) is 0 Å². The van der Waals surface area contributed by atoms with Gasteiger partial charge in [-0.1, -0.05) is 35.0 Å². The van der Waals surface area contributed by atoms with Crippen molar-refractivity contribution in [2.24, 2.45) is 10.9 Å². The Balaban J connectivity index is 1.95. The summed E-state index contributed by atoms with van der Waals surface area (Å²) in [4.78, 5) is 1.18. The molecule has 2 aromatic carbocycles. The normalized spacial score (nSPS) is 11.4. The van der Waals surface area contributed by atoms with Gasteiger partial charge in [-0.05, 0) is 30.3 Å². The van der Waals surface area contributed by atoms with Crippen LogP contribution in [0, 0.1) is 0 Å². The lowest BCUT2D eigenvalue weighted by molar-refractivity contribution is 0.317. The van der Waals surface area contributed by atoms with Crippen molar-refractivity contribution in [3.63, 3.8) is 0 Å². The molecule has 0 heterocycles. The van der Waals surface area contributed by atoms with Crippen LogP contribution in [0.25, 0.3) is 0 Å². The van der Waals surface area contributed by atoms with E-state index in [0.29, 0.717) is 22.9 Å². The van der Waals surface area contributed by atoms with Gasteiger partial charge in [-0.25, -0.2) is 0 Å². The monoisotopic (exact) mass is 322 g/mol. The summed E-state index contributed by atoms with van der Waals surface area (Å²) in [5.74, 6) is 1.29. The number of benzene rings is 2. The molecule has 2 aromatic rings. The third kappa shape index (κ3) is 4.58. The van der Waals surface area contributed by atoms with Crippen molar-refractivity contribution < 1.29 is 9.94 Å². The molecule has 4 nitrogen and oxygen atoms in total. The van der Waals surface area contributed by atoms with Gasteiger partial charge in [0, 0.05) is 15.7 Å². The van der Waals surface area contributed by atoms with Gasteiger partial charge in [-0.2, -0.15) is 0 Å². The third-order valence-corrected chi connectivity index (χ3v) is 3.89. The van der Waals surface area contributed by atoms with Gasteiger partial charge in [-0.3, -0.25) is 0 Å². The van der Waals surface area contributed by atoms with E-state index in [1.54, 1.807) is 30.0 Å². The fraction of sp³-hybridized carbons (Fsp3) is 0.133. The lowest BCUT2D eigenvalue weighted by atomic mass is 10.2. The predicted octanol–water partition coefficient (Wildman–Crippen LogP) is 3.61. The third-order valence-electron chi connectivity index (χ3n) is 2.68. The minimum absolute atomic E-state index is 0.00243. The zero-order valence-corrected chi connectivity index (χ0v) is 12.8. The van der Waals surface area contributed by atoms with Crippen LogP contribution in [-0.4, -0.2) is 23.4 Å². The number of nitrogens with zero attached hydrogens (tertiary/aromatic N) is 1. The fourth-order valence-corrected chi connectivity index (χ4v) is 2.62. The number of amidine groups is 1. The van der Waals surface area contributed by atoms with Gasteiger partial charge in [0.05, 0.1) is 12.2 Å². The molecule has 0 aliphatic heterocycles. The quantitative estimate of drug-likeness (QED) is 0.213. The largest absolute Gasteiger partial charge is 0.492 e. The molecular weight excluding hydrogens is 308 g/mol. The van der Waals surface area contributed by atoms with Crippen molar-refractivity contribution in [1.82, 2.24) is 0 Å². The minimum atomic E-state index is -0.00243. The highest BCUT2D eigenvalue weighted by Crippen LogP contribution is 2.24. The first kappa shape index (κ1) is 15.5. The molecule has 0 aromatic heterocycles. The summed E-state index contributed by atoms with van der Waals surface area (Å²) in [5.41, 5.74) is 6.13. The van der Waals surface area contributed by atoms with Crippen LogP contribution in [0.1, 0.15) is 5.56 Å². The first-order chi connectivity index (χ1) is 10.2. The molecule has 0 bridgehead atoms. The molecule has 3 N–H and O–H groups in total. The Bertz CT molecular complexity index is 620. The molecule has 0 radical (unpaired) electrons. The Morgan fingerprint density at radius 3 is 2.71 bits per heavy atom. The standard InChI is InChI=1S/C15H15ClN2O2S/c16-11-6-7-13(15(17)18-19)14(10-11)20-8-9-21-12-4-2-1-3-5-12/h1-7,10,19H,8-9H2,(H2,17,18). The molecular formula is C15H15ClN2O2S. The van der Waals surface area contributed by atoms with E-state index in [9.17, 15) is 0 Å². The van der Waals surface area contributed by atoms with Crippen LogP contribution in [0.4, 0.5) is 0 Å². The molecule has 0 amide bonds. The van der Waals surface area contributed by atoms with Crippen LogP contribution in [0.3, 0.4) is 0 Å². The van der Waals surface area contributed by atoms with Crippen LogP contribution in [0.2, 0.25) is 5.02 Å². The molecule has 0 aliphatic carbocycles. The summed E-state index contributed by atoms with van der Waals surface area (Å²) in [6.45, 7) is 0.492. The molecule has 0 unspecified atom stereocenters. The maximum Gasteiger partial charge on any atom is 0.173 e. The second-order valence-electron chi connectivity index (χ2n) is 4.14. The average molecular weight is 323 g/mol. The van der Waals surface area contributed by atoms with Gasteiger partial charge in [0.2, 0.25) is 0 Å². The van der Waals surface area contributed by atoms with Gasteiger partial charge in [-0.15, -0.1) is 11.8 Å². The molecule has 110 valence electrons. The number of oxime groups is 1. The van der Waals surface area contributed by atoms with Gasteiger partial charge < -0.3 is 15.7 Å². The summed E-state index contributed by atoms with van der Waals surface area (Å²) < 4.78 is 5.69. The van der Waals surface area contributed by atoms with Gasteiger partial charge in [0.1, 0.15) is 5.75 Å². The van der Waals surface area contributed by atoms with E-state index >= 15 is 0 Å². The molecule has 0 saturated carbocycles. The van der Waals surface area contributed by atoms with Crippen LogP contribution in [0.15, 0.2) is 58.6 Å². The molecule has 0 fully saturated rings. The highest BCUT2D eigenvalue weighted by molar-refractivity contribution is 7.99. The second-order valence-corrected chi connectivity index (χ2v) is 5.74. The van der Waals surface area contributed by atoms with E-state index in [0.717, 1.165) is 5.75 Å². The van der Waals surface area contributed by atoms with E-state index in [-0.39, 0.29) is 5.84 Å². The van der Waals surface area contributed by atoms with Gasteiger partial charge in [0.25, 0.3) is 0 Å². The van der Waals surface area contributed by atoms with Crippen LogP contribution in [0.5, 0.6) is 5.75 Å². The Morgan fingerprint density at radius 2 is 2.00 bits per heavy atom. The zero-order valence-electron chi connectivity index (χ0n) is 11.2. The predicted molar refractivity (Wildman–Crippen MR) is 86.6 cm³/mol. The first-order valence-electron chi connectivity index (χ1n) is 6.29. The Hall–Kier alpha value is -1.85. The van der Waals surface area contributed by atoms with Crippen LogP contribution >= 0.6 is 23.4 Å². The SMILES string of the molecule is N/C(=N/O)c1ccc(Cl)cc1OCCSc1ccccc1. The minimum Gasteiger partial charge on any atom is -0.492 e. The Morgan fingerprint density at radius 1 is 1.24 bits per heavy atom. The maximum atomic E-state index is 8.77. The molecule has 0 saturated heterocycles. The van der Waals surface area contributed by atoms with E-state index in [1.165, 1.54) is 4.90 Å². The number of rotatable bonds is 6. The van der Waals surface area contributed by atoms with E-state index in [4.69, 9.17) is 27.3 Å². The van der Waals surface area contributed by atoms with Crippen molar-refractivity contribution in [3.8, 4) is 5.75 Å². The molecule has 0 spiro atoms. The molecule has 21 heavy (non-hydrogen) atoms. The molecule has 2 rings (SSSR count). The van der Waals surface area contributed by atoms with Crippen LogP contribution < -0.4 is 10.5 Å². The number of hydrogen-bond donors (Lipinski definition) is 2. The lowest BCUT2D eigenvalue weighted by Gasteiger charge is -2.11. The van der Waals surface area contributed by atoms with E-state index in [2.05, 4.69) is 5.16 Å². The first-order valence-corrected chi connectivity index (χ1v) is 7.65. The van der Waals surface area contributed by atoms with Crippen molar-refractivity contribution in [3.05, 3.63) is 59.1 Å². The highest BCUT2D eigenvalue weighted by atomic mass is 35.5. The van der Waals surface area contributed by atoms with E-state index in [1.807, 2.05) is 30.3 Å². The lowest BCUT2D eigenvalue weighted by Crippen LogP contribution is -2.15. The number of ether oxygens (including phenoxy) is 1. The van der Waals surface area contributed by atoms with Crippen molar-refractivity contribution in [2.45, 2.75) is 4.90 Å². The number of halogens is 1. The molecule has 0 atom stereocenters. The smallest absolute Gasteiger partial charge is 0.173 e. The molecule has 6 heteroatoms. The summed E-state index contributed by atoms with van der Waals surface area (Å²) in [6, 6.07) is 15.1. The maximum absolute atomic E-state index is 8.77. The van der Waals surface area contributed by atoms with Crippen molar-refractivity contribution in [2.75, 3.05) is 12.4 Å². The topological polar surface area (TPSA) is 67.8 Å². The summed E-state index contributed by atoms with van der Waals surface area (Å²) in [6.07, 6.45) is 0. The van der Waals surface area contributed by atoms with Gasteiger partial charge >= 0.3 is 0 Å². The summed E-state index contributed by atoms with van der Waals surface area (Å²) in [5, 5.41) is 12.3. The zero-order chi connectivity index (χ0) is 15.1. The number of nitrogens with two attached hydrogens (primary N) is 1. The highest BCUT2D eigenvalue weighted by Gasteiger charge is 2.09. The van der Waals surface area contributed by atoms with Crippen molar-refractivity contribution in [1.29, 1.82) is 0 Å². The Labute approximate surface area is 132 Å². The molecule has 0 aliphatic rings. The van der Waals surface area contributed by atoms with Crippen molar-refractivity contribution >= 4 is 29.2 Å². The average Bonchev–Trinajstić information content (AvgIpc) is 2.52. The second kappa shape index (κ2) is 7.81.